The highest BCUT2D eigenvalue weighted by Gasteiger charge is 2.34. The third kappa shape index (κ3) is 4.91. The molecule has 2 atom stereocenters. The fourth-order valence-electron chi connectivity index (χ4n) is 3.08. The molecule has 5 nitrogen and oxygen atoms in total. The third-order valence-corrected chi connectivity index (χ3v) is 5.23. The van der Waals surface area contributed by atoms with Crippen LogP contribution in [-0.4, -0.2) is 27.8 Å². The normalized spacial score (nSPS) is 13.7. The maximum absolute atomic E-state index is 13.3. The smallest absolute Gasteiger partial charge is 0.396 e. The highest BCUT2D eigenvalue weighted by Crippen LogP contribution is 2.36. The first kappa shape index (κ1) is 22.0. The Labute approximate surface area is 179 Å². The molecule has 1 aromatic heterocycles. The number of aromatic nitrogens is 2. The number of benzene rings is 2. The van der Waals surface area contributed by atoms with Gasteiger partial charge in [-0.25, -0.2) is 0 Å². The quantitative estimate of drug-likeness (QED) is 0.465. The number of H-pyrrole nitrogens is 1. The van der Waals surface area contributed by atoms with Crippen molar-refractivity contribution in [3.63, 3.8) is 0 Å². The van der Waals surface area contributed by atoms with E-state index >= 15 is 0 Å². The van der Waals surface area contributed by atoms with Crippen LogP contribution in [0.15, 0.2) is 59.1 Å². The molecule has 0 spiro atoms. The Morgan fingerprint density at radius 3 is 2.50 bits per heavy atom. The van der Waals surface area contributed by atoms with Crippen LogP contribution in [0.5, 0.6) is 0 Å². The van der Waals surface area contributed by atoms with Crippen molar-refractivity contribution in [3.05, 3.63) is 75.9 Å². The summed E-state index contributed by atoms with van der Waals surface area (Å²) in [7, 11) is 0. The van der Waals surface area contributed by atoms with Crippen molar-refractivity contribution >= 4 is 21.8 Å². The number of nitrogens with one attached hydrogen (secondary N) is 2. The molecule has 0 fully saturated rings. The van der Waals surface area contributed by atoms with Crippen LogP contribution in [0.1, 0.15) is 34.6 Å². The summed E-state index contributed by atoms with van der Waals surface area (Å²) in [6.45, 7) is 1.62. The van der Waals surface area contributed by atoms with Crippen molar-refractivity contribution in [1.29, 1.82) is 0 Å². The van der Waals surface area contributed by atoms with E-state index in [0.29, 0.717) is 0 Å². The molecule has 30 heavy (non-hydrogen) atoms. The molecule has 0 saturated heterocycles. The number of carbonyl (C=O) groups excluding carboxylic acids is 1. The lowest BCUT2D eigenvalue weighted by Crippen LogP contribution is -2.34. The van der Waals surface area contributed by atoms with Gasteiger partial charge in [0.2, 0.25) is 0 Å². The Bertz CT molecular complexity index is 1020. The molecule has 0 aliphatic heterocycles. The predicted octanol–water partition coefficient (Wildman–Crippen LogP) is 4.96. The zero-order valence-corrected chi connectivity index (χ0v) is 17.5. The Hall–Kier alpha value is -2.65. The van der Waals surface area contributed by atoms with Crippen LogP contribution in [-0.2, 0) is 6.18 Å². The zero-order chi connectivity index (χ0) is 21.9. The van der Waals surface area contributed by atoms with Crippen molar-refractivity contribution < 1.29 is 23.1 Å². The molecular weight excluding hydrogens is 463 g/mol. The first-order chi connectivity index (χ1) is 14.2. The van der Waals surface area contributed by atoms with Crippen molar-refractivity contribution in [3.8, 4) is 11.3 Å². The average Bonchev–Trinajstić information content (AvgIpc) is 3.22. The first-order valence-corrected chi connectivity index (χ1v) is 9.89. The fraction of sp³-hybridized carbons (Fsp3) is 0.238. The highest BCUT2D eigenvalue weighted by molar-refractivity contribution is 9.10. The molecule has 2 aromatic carbocycles. The molecule has 0 aliphatic rings. The summed E-state index contributed by atoms with van der Waals surface area (Å²) in [5.41, 5.74) is -0.119. The largest absolute Gasteiger partial charge is 0.417 e. The van der Waals surface area contributed by atoms with Crippen LogP contribution in [0.2, 0.25) is 0 Å². The topological polar surface area (TPSA) is 78.0 Å². The van der Waals surface area contributed by atoms with Gasteiger partial charge < -0.3 is 10.4 Å². The molecule has 1 amide bonds. The zero-order valence-electron chi connectivity index (χ0n) is 15.9. The van der Waals surface area contributed by atoms with Crippen LogP contribution in [0.25, 0.3) is 11.3 Å². The number of nitrogens with zero attached hydrogens (tertiary/aromatic N) is 1. The minimum Gasteiger partial charge on any atom is -0.396 e. The lowest BCUT2D eigenvalue weighted by atomic mass is 9.95. The number of carbonyl (C=O) groups is 1. The van der Waals surface area contributed by atoms with Gasteiger partial charge in [-0.05, 0) is 29.8 Å². The van der Waals surface area contributed by atoms with Crippen molar-refractivity contribution in [2.45, 2.75) is 19.1 Å². The van der Waals surface area contributed by atoms with E-state index < -0.39 is 23.7 Å². The van der Waals surface area contributed by atoms with Gasteiger partial charge in [0.1, 0.15) is 5.69 Å². The van der Waals surface area contributed by atoms with Crippen molar-refractivity contribution in [1.82, 2.24) is 15.5 Å². The SMILES string of the molecule is CC(CO)C(NC(=O)c1cc(-c2ccccc2C(F)(F)F)n[nH]1)c1ccc(Br)cc1. The molecule has 0 bridgehead atoms. The number of hydrogen-bond acceptors (Lipinski definition) is 3. The second-order valence-corrected chi connectivity index (χ2v) is 7.79. The maximum Gasteiger partial charge on any atom is 0.417 e. The van der Waals surface area contributed by atoms with Crippen LogP contribution in [0.3, 0.4) is 0 Å². The number of aliphatic hydroxyl groups excluding tert-OH is 1. The summed E-state index contributed by atoms with van der Waals surface area (Å²) in [5.74, 6) is -0.824. The van der Waals surface area contributed by atoms with E-state index in [-0.39, 0.29) is 29.5 Å². The van der Waals surface area contributed by atoms with E-state index in [2.05, 4.69) is 31.4 Å². The molecule has 3 rings (SSSR count). The summed E-state index contributed by atoms with van der Waals surface area (Å²) >= 11 is 3.35. The van der Waals surface area contributed by atoms with Crippen molar-refractivity contribution in [2.24, 2.45) is 5.92 Å². The van der Waals surface area contributed by atoms with Gasteiger partial charge in [0.25, 0.3) is 5.91 Å². The predicted molar refractivity (Wildman–Crippen MR) is 110 cm³/mol. The van der Waals surface area contributed by atoms with Gasteiger partial charge >= 0.3 is 6.18 Å². The van der Waals surface area contributed by atoms with Crippen LogP contribution >= 0.6 is 15.9 Å². The van der Waals surface area contributed by atoms with Crippen molar-refractivity contribution in [2.75, 3.05) is 6.61 Å². The lowest BCUT2D eigenvalue weighted by molar-refractivity contribution is -0.137. The molecular formula is C21H19BrF3N3O2. The molecule has 158 valence electrons. The first-order valence-electron chi connectivity index (χ1n) is 9.10. The van der Waals surface area contributed by atoms with E-state index in [0.717, 1.165) is 16.1 Å². The Morgan fingerprint density at radius 1 is 1.20 bits per heavy atom. The number of aromatic amines is 1. The third-order valence-electron chi connectivity index (χ3n) is 4.70. The molecule has 9 heteroatoms. The van der Waals surface area contributed by atoms with E-state index in [1.807, 2.05) is 24.3 Å². The second kappa shape index (κ2) is 9.01. The van der Waals surface area contributed by atoms with Gasteiger partial charge in [-0.15, -0.1) is 0 Å². The fourth-order valence-corrected chi connectivity index (χ4v) is 3.34. The number of halogens is 4. The van der Waals surface area contributed by atoms with Crippen LogP contribution < -0.4 is 5.32 Å². The van der Waals surface area contributed by atoms with Gasteiger partial charge in [0, 0.05) is 22.6 Å². The molecule has 2 unspecified atom stereocenters. The number of aliphatic hydroxyl groups is 1. The summed E-state index contributed by atoms with van der Waals surface area (Å²) < 4.78 is 40.7. The summed E-state index contributed by atoms with van der Waals surface area (Å²) in [5, 5.41) is 18.8. The monoisotopic (exact) mass is 481 g/mol. The molecule has 1 heterocycles. The Balaban J connectivity index is 1.86. The number of rotatable bonds is 6. The number of hydrogen-bond donors (Lipinski definition) is 3. The van der Waals surface area contributed by atoms with Gasteiger partial charge in [-0.2, -0.15) is 18.3 Å². The minimum absolute atomic E-state index is 0.0171. The number of alkyl halides is 3. The van der Waals surface area contributed by atoms with Crippen LogP contribution in [0, 0.1) is 5.92 Å². The van der Waals surface area contributed by atoms with Gasteiger partial charge in [-0.1, -0.05) is 53.2 Å². The molecule has 0 aliphatic carbocycles. The molecule has 0 radical (unpaired) electrons. The Morgan fingerprint density at radius 2 is 1.87 bits per heavy atom. The summed E-state index contributed by atoms with van der Waals surface area (Å²) in [6.07, 6.45) is -4.54. The highest BCUT2D eigenvalue weighted by atomic mass is 79.9. The molecule has 3 aromatic rings. The Kier molecular flexibility index (Phi) is 6.62. The van der Waals surface area contributed by atoms with Gasteiger partial charge in [0.15, 0.2) is 0 Å². The second-order valence-electron chi connectivity index (χ2n) is 6.87. The summed E-state index contributed by atoms with van der Waals surface area (Å²) in [4.78, 5) is 12.7. The van der Waals surface area contributed by atoms with Gasteiger partial charge in [-0.3, -0.25) is 9.89 Å². The standard InChI is InChI=1S/C21H19BrF3N3O2/c1-12(11-29)19(13-6-8-14(22)9-7-13)26-20(30)18-10-17(27-28-18)15-4-2-3-5-16(15)21(23,24)25/h2-10,12,19,29H,11H2,1H3,(H,26,30)(H,27,28). The lowest BCUT2D eigenvalue weighted by Gasteiger charge is -2.24. The average molecular weight is 482 g/mol. The van der Waals surface area contributed by atoms with E-state index in [9.17, 15) is 23.1 Å². The number of amides is 1. The van der Waals surface area contributed by atoms with Gasteiger partial charge in [0.05, 0.1) is 17.3 Å². The van der Waals surface area contributed by atoms with E-state index in [1.54, 1.807) is 6.92 Å². The van der Waals surface area contributed by atoms with Crippen LogP contribution in [0.4, 0.5) is 13.2 Å². The van der Waals surface area contributed by atoms with E-state index in [4.69, 9.17) is 0 Å². The molecule has 3 N–H and O–H groups in total. The maximum atomic E-state index is 13.3. The van der Waals surface area contributed by atoms with E-state index in [1.165, 1.54) is 24.3 Å². The molecule has 0 saturated carbocycles. The minimum atomic E-state index is -4.54. The summed E-state index contributed by atoms with van der Waals surface area (Å²) in [6, 6.07) is 13.1.